The monoisotopic (exact) mass is 364 g/mol. The number of aliphatic carboxylic acids is 2. The molecule has 2 amide bonds. The zero-order valence-corrected chi connectivity index (χ0v) is 14.0. The maximum Gasteiger partial charge on any atom is 0.408 e. The van der Waals surface area contributed by atoms with Crippen LogP contribution < -0.4 is 5.32 Å². The summed E-state index contributed by atoms with van der Waals surface area (Å²) in [6.45, 7) is 0.161. The molecule has 26 heavy (non-hydrogen) atoms. The van der Waals surface area contributed by atoms with E-state index in [2.05, 4.69) is 5.32 Å². The molecule has 1 fully saturated rings. The highest BCUT2D eigenvalue weighted by Gasteiger charge is 2.38. The first-order valence-electron chi connectivity index (χ1n) is 8.10. The van der Waals surface area contributed by atoms with Crippen LogP contribution in [-0.2, 0) is 25.7 Å². The van der Waals surface area contributed by atoms with Crippen LogP contribution in [0.25, 0.3) is 0 Å². The van der Waals surface area contributed by atoms with Crippen LogP contribution >= 0.6 is 0 Å². The average molecular weight is 364 g/mol. The summed E-state index contributed by atoms with van der Waals surface area (Å²) in [4.78, 5) is 47.8. The molecule has 3 N–H and O–H groups in total. The van der Waals surface area contributed by atoms with Gasteiger partial charge in [-0.25, -0.2) is 9.59 Å². The summed E-state index contributed by atoms with van der Waals surface area (Å²) in [7, 11) is 0. The number of carboxylic acids is 2. The minimum Gasteiger partial charge on any atom is -0.481 e. The van der Waals surface area contributed by atoms with Gasteiger partial charge in [-0.15, -0.1) is 0 Å². The van der Waals surface area contributed by atoms with E-state index in [1.807, 2.05) is 0 Å². The van der Waals surface area contributed by atoms with Crippen molar-refractivity contribution in [2.75, 3.05) is 6.54 Å². The summed E-state index contributed by atoms with van der Waals surface area (Å²) in [6.07, 6.45) is -0.818. The predicted molar refractivity (Wildman–Crippen MR) is 88.2 cm³/mol. The van der Waals surface area contributed by atoms with Crippen molar-refractivity contribution in [3.63, 3.8) is 0 Å². The molecule has 0 unspecified atom stereocenters. The maximum atomic E-state index is 12.5. The minimum absolute atomic E-state index is 0.0396. The van der Waals surface area contributed by atoms with E-state index in [4.69, 9.17) is 14.9 Å². The summed E-state index contributed by atoms with van der Waals surface area (Å²) in [5.41, 5.74) is 0.731. The Labute approximate surface area is 149 Å². The zero-order valence-electron chi connectivity index (χ0n) is 14.0. The second kappa shape index (κ2) is 8.84. The molecule has 0 radical (unpaired) electrons. The molecule has 9 nitrogen and oxygen atoms in total. The molecule has 0 saturated carbocycles. The van der Waals surface area contributed by atoms with Crippen molar-refractivity contribution in [1.29, 1.82) is 0 Å². The summed E-state index contributed by atoms with van der Waals surface area (Å²) < 4.78 is 5.00. The quantitative estimate of drug-likeness (QED) is 0.652. The molecule has 1 aromatic carbocycles. The van der Waals surface area contributed by atoms with Gasteiger partial charge in [0.25, 0.3) is 0 Å². The van der Waals surface area contributed by atoms with Gasteiger partial charge in [0.15, 0.2) is 0 Å². The molecule has 1 aliphatic rings. The summed E-state index contributed by atoms with van der Waals surface area (Å²) in [5.74, 6) is -3.19. The topological polar surface area (TPSA) is 133 Å². The third-order valence-electron chi connectivity index (χ3n) is 4.00. The molecular weight excluding hydrogens is 344 g/mol. The number of hydrogen-bond donors (Lipinski definition) is 3. The maximum absolute atomic E-state index is 12.5. The van der Waals surface area contributed by atoms with Crippen LogP contribution in [0.3, 0.4) is 0 Å². The number of carbonyl (C=O) groups excluding carboxylic acids is 2. The largest absolute Gasteiger partial charge is 0.481 e. The number of benzene rings is 1. The molecule has 9 heteroatoms. The first-order chi connectivity index (χ1) is 12.4. The molecule has 0 bridgehead atoms. The van der Waals surface area contributed by atoms with E-state index in [9.17, 15) is 19.2 Å². The first-order valence-corrected chi connectivity index (χ1v) is 8.10. The Hall–Kier alpha value is -3.10. The molecule has 0 aromatic heterocycles. The smallest absolute Gasteiger partial charge is 0.408 e. The second-order valence-corrected chi connectivity index (χ2v) is 5.88. The Kier molecular flexibility index (Phi) is 6.54. The van der Waals surface area contributed by atoms with E-state index < -0.39 is 42.4 Å². The SMILES string of the molecule is O=C(O)C[C@H](NC(=O)OCc1ccccc1)C(=O)N1CCC[C@@H]1C(=O)O. The Balaban J connectivity index is 1.99. The van der Waals surface area contributed by atoms with Crippen LogP contribution in [0, 0.1) is 0 Å². The molecule has 0 aliphatic carbocycles. The molecule has 1 heterocycles. The van der Waals surface area contributed by atoms with E-state index >= 15 is 0 Å². The van der Waals surface area contributed by atoms with E-state index in [0.29, 0.717) is 12.8 Å². The fraction of sp³-hybridized carbons (Fsp3) is 0.412. The average Bonchev–Trinajstić information content (AvgIpc) is 3.09. The lowest BCUT2D eigenvalue weighted by molar-refractivity contribution is -0.150. The van der Waals surface area contributed by atoms with E-state index in [1.54, 1.807) is 30.3 Å². The van der Waals surface area contributed by atoms with Crippen LogP contribution in [0.2, 0.25) is 0 Å². The number of ether oxygens (including phenoxy) is 1. The van der Waals surface area contributed by atoms with Gasteiger partial charge in [0.1, 0.15) is 18.7 Å². The minimum atomic E-state index is -1.39. The molecule has 0 spiro atoms. The zero-order chi connectivity index (χ0) is 19.1. The predicted octanol–water partition coefficient (Wildman–Crippen LogP) is 0.832. The molecule has 2 rings (SSSR count). The fourth-order valence-electron chi connectivity index (χ4n) is 2.77. The van der Waals surface area contributed by atoms with E-state index in [0.717, 1.165) is 10.5 Å². The molecule has 140 valence electrons. The number of nitrogens with zero attached hydrogens (tertiary/aromatic N) is 1. The van der Waals surface area contributed by atoms with Crippen LogP contribution in [0.1, 0.15) is 24.8 Å². The first kappa shape index (κ1) is 19.2. The number of carboxylic acid groups (broad SMARTS) is 2. The summed E-state index contributed by atoms with van der Waals surface area (Å²) >= 11 is 0. The third-order valence-corrected chi connectivity index (χ3v) is 4.00. The molecule has 1 aromatic rings. The van der Waals surface area contributed by atoms with Gasteiger partial charge < -0.3 is 25.2 Å². The molecular formula is C17H20N2O7. The Morgan fingerprint density at radius 2 is 1.88 bits per heavy atom. The third kappa shape index (κ3) is 5.20. The number of likely N-dealkylation sites (tertiary alicyclic amines) is 1. The number of hydrogen-bond acceptors (Lipinski definition) is 5. The number of nitrogens with one attached hydrogen (secondary N) is 1. The van der Waals surface area contributed by atoms with E-state index in [-0.39, 0.29) is 13.2 Å². The number of amides is 2. The molecule has 1 aliphatic heterocycles. The lowest BCUT2D eigenvalue weighted by Crippen LogP contribution is -2.52. The Morgan fingerprint density at radius 1 is 1.19 bits per heavy atom. The Morgan fingerprint density at radius 3 is 2.50 bits per heavy atom. The number of rotatable bonds is 7. The van der Waals surface area contributed by atoms with Crippen LogP contribution in [-0.4, -0.2) is 57.7 Å². The van der Waals surface area contributed by atoms with Crippen LogP contribution in [0.5, 0.6) is 0 Å². The van der Waals surface area contributed by atoms with Gasteiger partial charge >= 0.3 is 18.0 Å². The normalized spacial score (nSPS) is 17.4. The highest BCUT2D eigenvalue weighted by atomic mass is 16.5. The van der Waals surface area contributed by atoms with Crippen molar-refractivity contribution in [1.82, 2.24) is 10.2 Å². The lowest BCUT2D eigenvalue weighted by Gasteiger charge is -2.26. The molecule has 2 atom stereocenters. The van der Waals surface area contributed by atoms with Crippen LogP contribution in [0.15, 0.2) is 30.3 Å². The van der Waals surface area contributed by atoms with Gasteiger partial charge in [0.2, 0.25) is 5.91 Å². The van der Waals surface area contributed by atoms with Crippen LogP contribution in [0.4, 0.5) is 4.79 Å². The van der Waals surface area contributed by atoms with Crippen molar-refractivity contribution in [3.8, 4) is 0 Å². The van der Waals surface area contributed by atoms with Gasteiger partial charge in [-0.2, -0.15) is 0 Å². The van der Waals surface area contributed by atoms with Crippen molar-refractivity contribution < 1.29 is 34.1 Å². The van der Waals surface area contributed by atoms with Gasteiger partial charge in [-0.05, 0) is 18.4 Å². The van der Waals surface area contributed by atoms with Crippen molar-refractivity contribution >= 4 is 23.9 Å². The lowest BCUT2D eigenvalue weighted by atomic mass is 10.1. The van der Waals surface area contributed by atoms with Gasteiger partial charge in [-0.3, -0.25) is 9.59 Å². The van der Waals surface area contributed by atoms with Crippen molar-refractivity contribution in [2.24, 2.45) is 0 Å². The second-order valence-electron chi connectivity index (χ2n) is 5.88. The fourth-order valence-corrected chi connectivity index (χ4v) is 2.77. The number of carbonyl (C=O) groups is 4. The summed E-state index contributed by atoms with van der Waals surface area (Å²) in [5, 5.41) is 20.4. The van der Waals surface area contributed by atoms with Crippen molar-refractivity contribution in [2.45, 2.75) is 38.0 Å². The van der Waals surface area contributed by atoms with Gasteiger partial charge in [0.05, 0.1) is 6.42 Å². The molecule has 1 saturated heterocycles. The van der Waals surface area contributed by atoms with E-state index in [1.165, 1.54) is 0 Å². The number of alkyl carbamates (subject to hydrolysis) is 1. The van der Waals surface area contributed by atoms with Gasteiger partial charge in [0, 0.05) is 6.54 Å². The highest BCUT2D eigenvalue weighted by Crippen LogP contribution is 2.19. The van der Waals surface area contributed by atoms with Crippen molar-refractivity contribution in [3.05, 3.63) is 35.9 Å². The van der Waals surface area contributed by atoms with Gasteiger partial charge in [-0.1, -0.05) is 30.3 Å². The summed E-state index contributed by atoms with van der Waals surface area (Å²) in [6, 6.07) is 6.43. The standard InChI is InChI=1S/C17H20N2O7/c20-14(21)9-12(15(22)19-8-4-7-13(19)16(23)24)18-17(25)26-10-11-5-2-1-3-6-11/h1-3,5-6,12-13H,4,7-10H2,(H,18,25)(H,20,21)(H,23,24)/t12-,13+/m0/s1. The highest BCUT2D eigenvalue weighted by molar-refractivity contribution is 5.92. The Bertz CT molecular complexity index is 677.